The van der Waals surface area contributed by atoms with Crippen molar-refractivity contribution in [3.05, 3.63) is 59.2 Å². The van der Waals surface area contributed by atoms with E-state index in [-0.39, 0.29) is 0 Å². The second-order valence-corrected chi connectivity index (χ2v) is 19.4. The minimum absolute atomic E-state index is 0.493. The van der Waals surface area contributed by atoms with Crippen LogP contribution in [0.4, 0.5) is 0 Å². The molecule has 0 aromatic heterocycles. The summed E-state index contributed by atoms with van der Waals surface area (Å²) < 4.78 is 0. The van der Waals surface area contributed by atoms with Crippen LogP contribution in [0, 0.1) is 0 Å². The Morgan fingerprint density at radius 1 is 0.750 bits per heavy atom. The minimum Gasteiger partial charge on any atom is -0.0656 e. The summed E-state index contributed by atoms with van der Waals surface area (Å²) in [5, 5.41) is 3.20. The lowest BCUT2D eigenvalue weighted by Crippen LogP contribution is -2.45. The summed E-state index contributed by atoms with van der Waals surface area (Å²) in [6.45, 7) is 17.1. The fourth-order valence-electron chi connectivity index (χ4n) is 3.49. The molecule has 2 aromatic rings. The van der Waals surface area contributed by atoms with Crippen molar-refractivity contribution in [3.8, 4) is 0 Å². The van der Waals surface area contributed by atoms with Crippen molar-refractivity contribution < 1.29 is 0 Å². The number of hydrogen-bond donors (Lipinski definition) is 0. The zero-order valence-electron chi connectivity index (χ0n) is 16.2. The van der Waals surface area contributed by atoms with Crippen LogP contribution in [0.5, 0.6) is 0 Å². The molecule has 0 aliphatic heterocycles. The quantitative estimate of drug-likeness (QED) is 0.647. The van der Waals surface area contributed by atoms with Crippen LogP contribution in [0.3, 0.4) is 0 Å². The highest BCUT2D eigenvalue weighted by Crippen LogP contribution is 2.41. The molecular weight excluding hydrogens is 320 g/mol. The van der Waals surface area contributed by atoms with Crippen LogP contribution in [0.2, 0.25) is 39.3 Å². The maximum Gasteiger partial charge on any atom is 0.0776 e. The molecule has 0 bridgehead atoms. The van der Waals surface area contributed by atoms with Gasteiger partial charge in [0.15, 0.2) is 0 Å². The van der Waals surface area contributed by atoms with Crippen molar-refractivity contribution in [1.82, 2.24) is 0 Å². The molecule has 2 heteroatoms. The third-order valence-electron chi connectivity index (χ3n) is 5.24. The van der Waals surface area contributed by atoms with Gasteiger partial charge in [0.25, 0.3) is 0 Å². The van der Waals surface area contributed by atoms with Gasteiger partial charge in [-0.05, 0) is 22.3 Å². The van der Waals surface area contributed by atoms with Gasteiger partial charge in [0.2, 0.25) is 0 Å². The Morgan fingerprint density at radius 2 is 1.29 bits per heavy atom. The predicted octanol–water partition coefficient (Wildman–Crippen LogP) is 5.43. The largest absolute Gasteiger partial charge is 0.0776 e. The van der Waals surface area contributed by atoms with Crippen molar-refractivity contribution in [2.75, 3.05) is 0 Å². The van der Waals surface area contributed by atoms with E-state index in [0.717, 1.165) is 0 Å². The van der Waals surface area contributed by atoms with Crippen LogP contribution in [0.15, 0.2) is 42.5 Å². The molecular formula is C22H30Si2. The lowest BCUT2D eigenvalue weighted by molar-refractivity contribution is 1.01. The van der Waals surface area contributed by atoms with Crippen molar-refractivity contribution in [2.45, 2.75) is 52.1 Å². The van der Waals surface area contributed by atoms with Crippen LogP contribution < -0.4 is 10.4 Å². The smallest absolute Gasteiger partial charge is 0.0656 e. The minimum atomic E-state index is -1.33. The third kappa shape index (κ3) is 3.22. The molecule has 1 aliphatic carbocycles. The SMILES string of the molecule is CC1C(c2cc([Si](C)(C)C)cc([Si](C)(C)C)c2)=Cc2ccccc21. The van der Waals surface area contributed by atoms with Crippen molar-refractivity contribution >= 4 is 38.2 Å². The molecule has 0 radical (unpaired) electrons. The van der Waals surface area contributed by atoms with Gasteiger partial charge in [0.1, 0.15) is 0 Å². The Labute approximate surface area is 149 Å². The first kappa shape index (κ1) is 17.4. The first-order chi connectivity index (χ1) is 11.1. The summed E-state index contributed by atoms with van der Waals surface area (Å²) in [6, 6.07) is 16.4. The Balaban J connectivity index is 2.16. The van der Waals surface area contributed by atoms with Crippen LogP contribution in [0.1, 0.15) is 29.5 Å². The van der Waals surface area contributed by atoms with Crippen LogP contribution in [-0.4, -0.2) is 16.1 Å². The zero-order valence-corrected chi connectivity index (χ0v) is 18.2. The molecule has 1 aliphatic rings. The molecule has 2 aromatic carbocycles. The van der Waals surface area contributed by atoms with Gasteiger partial charge in [-0.3, -0.25) is 0 Å². The zero-order chi connectivity index (χ0) is 17.7. The van der Waals surface area contributed by atoms with Crippen molar-refractivity contribution in [2.24, 2.45) is 0 Å². The van der Waals surface area contributed by atoms with Crippen LogP contribution >= 0.6 is 0 Å². The second kappa shape index (κ2) is 5.85. The highest BCUT2D eigenvalue weighted by atomic mass is 28.3. The van der Waals surface area contributed by atoms with E-state index in [9.17, 15) is 0 Å². The molecule has 1 atom stereocenters. The number of benzene rings is 2. The molecule has 0 heterocycles. The average Bonchev–Trinajstić information content (AvgIpc) is 2.83. The van der Waals surface area contributed by atoms with Gasteiger partial charge in [0.05, 0.1) is 16.1 Å². The van der Waals surface area contributed by atoms with E-state index >= 15 is 0 Å². The summed E-state index contributed by atoms with van der Waals surface area (Å²) >= 11 is 0. The van der Waals surface area contributed by atoms with Gasteiger partial charge in [-0.25, -0.2) is 0 Å². The van der Waals surface area contributed by atoms with Gasteiger partial charge >= 0.3 is 0 Å². The molecule has 0 amide bonds. The molecule has 24 heavy (non-hydrogen) atoms. The van der Waals surface area contributed by atoms with Gasteiger partial charge in [0, 0.05) is 5.92 Å². The monoisotopic (exact) mass is 350 g/mol. The highest BCUT2D eigenvalue weighted by molar-refractivity contribution is 6.91. The molecule has 0 saturated carbocycles. The Kier molecular flexibility index (Phi) is 4.25. The van der Waals surface area contributed by atoms with E-state index in [4.69, 9.17) is 0 Å². The van der Waals surface area contributed by atoms with Crippen LogP contribution in [0.25, 0.3) is 11.6 Å². The first-order valence-corrected chi connectivity index (χ1v) is 16.0. The van der Waals surface area contributed by atoms with E-state index in [1.165, 1.54) is 22.3 Å². The molecule has 0 spiro atoms. The Bertz CT molecular complexity index is 769. The fourth-order valence-corrected chi connectivity index (χ4v) is 5.99. The van der Waals surface area contributed by atoms with E-state index in [1.54, 1.807) is 10.4 Å². The number of rotatable bonds is 3. The predicted molar refractivity (Wildman–Crippen MR) is 115 cm³/mol. The van der Waals surface area contributed by atoms with E-state index in [0.29, 0.717) is 5.92 Å². The molecule has 0 fully saturated rings. The normalized spacial score (nSPS) is 17.6. The summed E-state index contributed by atoms with van der Waals surface area (Å²) in [6.07, 6.45) is 2.41. The maximum absolute atomic E-state index is 2.52. The topological polar surface area (TPSA) is 0 Å². The third-order valence-corrected chi connectivity index (χ3v) is 9.28. The average molecular weight is 351 g/mol. The Morgan fingerprint density at radius 3 is 1.79 bits per heavy atom. The lowest BCUT2D eigenvalue weighted by Gasteiger charge is -2.25. The number of allylic oxidation sites excluding steroid dienone is 1. The first-order valence-electron chi connectivity index (χ1n) is 9.04. The van der Waals surface area contributed by atoms with Crippen molar-refractivity contribution in [1.29, 1.82) is 0 Å². The van der Waals surface area contributed by atoms with Gasteiger partial charge in [-0.2, -0.15) is 0 Å². The number of hydrogen-bond acceptors (Lipinski definition) is 0. The summed E-state index contributed by atoms with van der Waals surface area (Å²) in [4.78, 5) is 0. The number of fused-ring (bicyclic) bond motifs is 1. The Hall–Kier alpha value is -1.39. The van der Waals surface area contributed by atoms with Gasteiger partial charge in [-0.15, -0.1) is 0 Å². The fraction of sp³-hybridized carbons (Fsp3) is 0.364. The summed E-state index contributed by atoms with van der Waals surface area (Å²) in [5.41, 5.74) is 5.82. The highest BCUT2D eigenvalue weighted by Gasteiger charge is 2.27. The van der Waals surface area contributed by atoms with E-state index < -0.39 is 16.1 Å². The molecule has 0 nitrogen and oxygen atoms in total. The summed E-state index contributed by atoms with van der Waals surface area (Å²) in [7, 11) is -2.67. The van der Waals surface area contributed by atoms with Gasteiger partial charge in [-0.1, -0.05) is 105 Å². The summed E-state index contributed by atoms with van der Waals surface area (Å²) in [5.74, 6) is 0.493. The second-order valence-electron chi connectivity index (χ2n) is 9.25. The molecule has 126 valence electrons. The van der Waals surface area contributed by atoms with E-state index in [1.807, 2.05) is 0 Å². The molecule has 0 N–H and O–H groups in total. The van der Waals surface area contributed by atoms with Crippen molar-refractivity contribution in [3.63, 3.8) is 0 Å². The molecule has 0 saturated heterocycles. The molecule has 1 unspecified atom stereocenters. The molecule has 3 rings (SSSR count). The van der Waals surface area contributed by atoms with E-state index in [2.05, 4.69) is 94.7 Å². The van der Waals surface area contributed by atoms with Gasteiger partial charge < -0.3 is 0 Å². The van der Waals surface area contributed by atoms with Crippen LogP contribution in [-0.2, 0) is 0 Å². The lowest BCUT2D eigenvalue weighted by atomic mass is 9.93. The standard InChI is InChI=1S/C22H30Si2/c1-16-21-11-9-8-10-17(21)14-22(16)18-12-19(23(2,3)4)15-20(13-18)24(5,6)7/h8-16H,1-7H3. The maximum atomic E-state index is 2.52.